The Morgan fingerprint density at radius 1 is 0.516 bits per heavy atom. The lowest BCUT2D eigenvalue weighted by Crippen LogP contribution is -2.22. The predicted molar refractivity (Wildman–Crippen MR) is 244 cm³/mol. The van der Waals surface area contributed by atoms with Crippen molar-refractivity contribution in [3.63, 3.8) is 0 Å². The van der Waals surface area contributed by atoms with E-state index in [9.17, 15) is 19.2 Å². The van der Waals surface area contributed by atoms with Gasteiger partial charge in [-0.3, -0.25) is 19.2 Å². The lowest BCUT2D eigenvalue weighted by molar-refractivity contribution is -0.118. The van der Waals surface area contributed by atoms with E-state index in [1.807, 2.05) is 60.7 Å². The zero-order chi connectivity index (χ0) is 42.8. The van der Waals surface area contributed by atoms with Crippen molar-refractivity contribution >= 4 is 84.4 Å². The third-order valence-corrected chi connectivity index (χ3v) is 10.6. The summed E-state index contributed by atoms with van der Waals surface area (Å²) < 4.78 is 18.6. The Morgan fingerprint density at radius 2 is 0.984 bits per heavy atom. The van der Waals surface area contributed by atoms with Crippen LogP contribution >= 0.6 is 15.9 Å². The fourth-order valence-electron chi connectivity index (χ4n) is 7.11. The highest BCUT2D eigenvalue weighted by Gasteiger charge is 2.22. The summed E-state index contributed by atoms with van der Waals surface area (Å²) in [6.07, 6.45) is 3.85. The molecule has 6 bridgehead atoms. The van der Waals surface area contributed by atoms with E-state index in [1.165, 1.54) is 6.07 Å². The second kappa shape index (κ2) is 19.4. The molecule has 1 aliphatic rings. The van der Waals surface area contributed by atoms with Gasteiger partial charge in [0.25, 0.3) is 23.6 Å². The molecular formula is C48H41BrN6O7. The molecule has 4 N–H and O–H groups in total. The molecule has 0 fully saturated rings. The number of benzene rings is 5. The summed E-state index contributed by atoms with van der Waals surface area (Å²) >= 11 is 3.45. The maximum atomic E-state index is 13.7. The predicted octanol–water partition coefficient (Wildman–Crippen LogP) is 9.64. The molecule has 0 unspecified atom stereocenters. The van der Waals surface area contributed by atoms with E-state index in [0.29, 0.717) is 35.0 Å². The minimum atomic E-state index is -0.562. The van der Waals surface area contributed by atoms with Crippen LogP contribution in [-0.2, 0) is 9.59 Å². The number of carbonyl (C=O) groups excluding carboxylic acids is 4. The number of fused-ring (bicyclic) bond motifs is 13. The topological polar surface area (TPSA) is 170 Å². The van der Waals surface area contributed by atoms with Crippen molar-refractivity contribution < 1.29 is 33.4 Å². The van der Waals surface area contributed by atoms with Crippen molar-refractivity contribution in [2.45, 2.75) is 25.7 Å². The number of halogens is 1. The number of aromatic nitrogens is 2. The number of nitrogens with one attached hydrogen (secondary N) is 4. The summed E-state index contributed by atoms with van der Waals surface area (Å²) in [7, 11) is 0. The van der Waals surface area contributed by atoms with E-state index in [0.717, 1.165) is 52.6 Å². The summed E-state index contributed by atoms with van der Waals surface area (Å²) in [5.74, 6) is -0.304. The van der Waals surface area contributed by atoms with E-state index in [2.05, 4.69) is 47.2 Å². The highest BCUT2D eigenvalue weighted by Crippen LogP contribution is 2.45. The molecule has 0 radical (unpaired) electrons. The normalized spacial score (nSPS) is 13.4. The number of anilines is 4. The van der Waals surface area contributed by atoms with Crippen molar-refractivity contribution in [1.29, 1.82) is 0 Å². The number of alkyl halides is 1. The van der Waals surface area contributed by atoms with E-state index >= 15 is 0 Å². The van der Waals surface area contributed by atoms with Crippen LogP contribution in [0.2, 0.25) is 0 Å². The van der Waals surface area contributed by atoms with Crippen LogP contribution in [0.3, 0.4) is 0 Å². The maximum Gasteiger partial charge on any atom is 0.263 e. The number of amides is 4. The van der Waals surface area contributed by atoms with Gasteiger partial charge in [-0.1, -0.05) is 102 Å². The number of nitrogens with zero attached hydrogens (tertiary/aromatic N) is 2. The number of unbranched alkanes of at least 4 members (excludes halogenated alkanes) is 3. The molecule has 0 aliphatic carbocycles. The van der Waals surface area contributed by atoms with Gasteiger partial charge in [0.15, 0.2) is 13.2 Å². The Balaban J connectivity index is 1.15. The van der Waals surface area contributed by atoms with Crippen LogP contribution < -0.4 is 35.5 Å². The summed E-state index contributed by atoms with van der Waals surface area (Å²) in [5, 5.41) is 15.5. The van der Waals surface area contributed by atoms with Crippen molar-refractivity contribution in [2.24, 2.45) is 0 Å². The third-order valence-electron chi connectivity index (χ3n) is 9.99. The number of hydrogen-bond acceptors (Lipinski definition) is 9. The fraction of sp³-hybridized carbons (Fsp3) is 0.167. The standard InChI is InChI=1S/C48H41BrN6O7/c49-23-7-1-2-8-24-60-34-26-32-25-33(27-34)48(59)55-42-18-10-16-40(51-42)53-44(57)29-62-38-22-20-31-12-4-6-14-36(31)46(38)45-35-13-5-3-11-30(35)19-21-37(45)61-28-43(56)52-39-15-9-17-41(50-39)54-47(32)58/h3-6,9-22,25-27H,1-2,7-8,23-24,28-29H2,(H2,50,52,54,56,58)(H2,51,53,55,57,59). The lowest BCUT2D eigenvalue weighted by atomic mass is 9.92. The van der Waals surface area contributed by atoms with E-state index in [4.69, 9.17) is 14.2 Å². The minimum absolute atomic E-state index is 0.135. The van der Waals surface area contributed by atoms with Gasteiger partial charge in [-0.15, -0.1) is 0 Å². The molecule has 312 valence electrons. The van der Waals surface area contributed by atoms with E-state index in [-0.39, 0.29) is 47.6 Å². The van der Waals surface area contributed by atoms with Crippen molar-refractivity contribution in [3.05, 3.63) is 139 Å². The Bertz CT molecular complexity index is 2640. The molecule has 4 amide bonds. The molecule has 0 saturated heterocycles. The Labute approximate surface area is 365 Å². The molecule has 14 heteroatoms. The minimum Gasteiger partial charge on any atom is -0.494 e. The monoisotopic (exact) mass is 892 g/mol. The van der Waals surface area contributed by atoms with Gasteiger partial charge in [-0.05, 0) is 89.0 Å². The van der Waals surface area contributed by atoms with Crippen molar-refractivity contribution in [3.8, 4) is 28.4 Å². The van der Waals surface area contributed by atoms with Crippen molar-refractivity contribution in [1.82, 2.24) is 9.97 Å². The molecule has 2 aromatic heterocycles. The molecule has 0 saturated carbocycles. The molecule has 0 atom stereocenters. The number of carbonyl (C=O) groups is 4. The Kier molecular flexibility index (Phi) is 12.9. The van der Waals surface area contributed by atoms with Crippen LogP contribution in [0.1, 0.15) is 46.4 Å². The number of ether oxygens (including phenoxy) is 3. The average Bonchev–Trinajstić information content (AvgIpc) is 3.28. The van der Waals surface area contributed by atoms with E-state index < -0.39 is 23.6 Å². The molecule has 8 rings (SSSR count). The molecule has 7 aromatic rings. The second-order valence-electron chi connectivity index (χ2n) is 14.4. The van der Waals surface area contributed by atoms with Gasteiger partial charge in [-0.2, -0.15) is 0 Å². The van der Waals surface area contributed by atoms with Gasteiger partial charge in [0.1, 0.15) is 40.5 Å². The SMILES string of the molecule is O=C1COc2ccc3ccccc3c2-c2c(ccc3ccccc23)OCC(=O)Nc2cccc(n2)NC(=O)c2cc(OCCCCCCBr)cc(c2)C(=O)Nc2cccc(n2)N1. The van der Waals surface area contributed by atoms with Gasteiger partial charge in [0.05, 0.1) is 6.61 Å². The Morgan fingerprint density at radius 3 is 1.48 bits per heavy atom. The zero-order valence-electron chi connectivity index (χ0n) is 33.4. The van der Waals surface area contributed by atoms with Gasteiger partial charge in [0.2, 0.25) is 0 Å². The molecule has 62 heavy (non-hydrogen) atoms. The number of hydrogen-bond donors (Lipinski definition) is 4. The lowest BCUT2D eigenvalue weighted by Gasteiger charge is -2.19. The van der Waals surface area contributed by atoms with Crippen LogP contribution in [-0.4, -0.2) is 58.7 Å². The molecule has 5 aromatic carbocycles. The smallest absolute Gasteiger partial charge is 0.263 e. The summed E-state index contributed by atoms with van der Waals surface area (Å²) in [6, 6.07) is 37.2. The quantitative estimate of drug-likeness (QED) is 0.0899. The summed E-state index contributed by atoms with van der Waals surface area (Å²) in [4.78, 5) is 63.3. The average molecular weight is 894 g/mol. The first-order valence-electron chi connectivity index (χ1n) is 20.1. The second-order valence-corrected chi connectivity index (χ2v) is 15.2. The fourth-order valence-corrected chi connectivity index (χ4v) is 7.51. The van der Waals surface area contributed by atoms with Gasteiger partial charge in [-0.25, -0.2) is 9.97 Å². The molecule has 1 aliphatic heterocycles. The Hall–Kier alpha value is -7.32. The van der Waals surface area contributed by atoms with Gasteiger partial charge in [0, 0.05) is 27.6 Å². The van der Waals surface area contributed by atoms with Gasteiger partial charge < -0.3 is 35.5 Å². The van der Waals surface area contributed by atoms with Crippen LogP contribution in [0.5, 0.6) is 17.2 Å². The van der Waals surface area contributed by atoms with Crippen LogP contribution in [0.4, 0.5) is 23.3 Å². The summed E-state index contributed by atoms with van der Waals surface area (Å²) in [6.45, 7) is -0.376. The van der Waals surface area contributed by atoms with Gasteiger partial charge >= 0.3 is 0 Å². The molecular weight excluding hydrogens is 852 g/mol. The first kappa shape index (κ1) is 41.4. The summed E-state index contributed by atoms with van der Waals surface area (Å²) in [5.41, 5.74) is 1.61. The van der Waals surface area contributed by atoms with Crippen molar-refractivity contribution in [2.75, 3.05) is 46.4 Å². The zero-order valence-corrected chi connectivity index (χ0v) is 35.0. The van der Waals surface area contributed by atoms with E-state index in [1.54, 1.807) is 60.7 Å². The first-order chi connectivity index (χ1) is 30.3. The van der Waals surface area contributed by atoms with Crippen LogP contribution in [0.15, 0.2) is 127 Å². The van der Waals surface area contributed by atoms with Crippen LogP contribution in [0.25, 0.3) is 32.7 Å². The number of pyridine rings is 2. The first-order valence-corrected chi connectivity index (χ1v) is 21.2. The molecule has 13 nitrogen and oxygen atoms in total. The third kappa shape index (κ3) is 9.99. The largest absolute Gasteiger partial charge is 0.494 e. The highest BCUT2D eigenvalue weighted by molar-refractivity contribution is 9.09. The molecule has 3 heterocycles. The maximum absolute atomic E-state index is 13.7. The number of rotatable bonds is 7. The van der Waals surface area contributed by atoms with Crippen LogP contribution in [0, 0.1) is 0 Å². The molecule has 0 spiro atoms. The highest BCUT2D eigenvalue weighted by atomic mass is 79.9.